The molecule has 10 heteroatoms. The van der Waals surface area contributed by atoms with Crippen LogP contribution in [-0.2, 0) is 10.0 Å². The molecule has 2 aliphatic carbocycles. The van der Waals surface area contributed by atoms with Gasteiger partial charge in [0.25, 0.3) is 5.91 Å². The van der Waals surface area contributed by atoms with E-state index in [0.717, 1.165) is 56.3 Å². The number of hydrogen-bond donors (Lipinski definition) is 3. The first-order chi connectivity index (χ1) is 18.3. The first-order valence-corrected chi connectivity index (χ1v) is 15.0. The van der Waals surface area contributed by atoms with Crippen molar-refractivity contribution in [2.24, 2.45) is 5.41 Å². The Bertz CT molecular complexity index is 1450. The zero-order chi connectivity index (χ0) is 26.3. The Labute approximate surface area is 222 Å². The molecule has 1 spiro atoms. The van der Waals surface area contributed by atoms with Crippen molar-refractivity contribution in [2.75, 3.05) is 40.4 Å². The number of fused-ring (bicyclic) bond motifs is 1. The third-order valence-corrected chi connectivity index (χ3v) is 9.39. The lowest BCUT2D eigenvalue weighted by atomic mass is 9.93. The average molecular weight is 540 g/mol. The van der Waals surface area contributed by atoms with Crippen molar-refractivity contribution in [3.05, 3.63) is 48.2 Å². The molecule has 1 amide bonds. The summed E-state index contributed by atoms with van der Waals surface area (Å²) in [6, 6.07) is 10.5. The number of aliphatic hydroxyl groups is 1. The molecule has 0 bridgehead atoms. The summed E-state index contributed by atoms with van der Waals surface area (Å²) in [5, 5.41) is 12.9. The third-order valence-electron chi connectivity index (χ3n) is 8.13. The van der Waals surface area contributed by atoms with Gasteiger partial charge in [-0.2, -0.15) is 0 Å². The number of nitrogens with zero attached hydrogens (tertiary/aromatic N) is 1. The van der Waals surface area contributed by atoms with Gasteiger partial charge in [-0.25, -0.2) is 8.42 Å². The molecule has 0 radical (unpaired) electrons. The van der Waals surface area contributed by atoms with E-state index in [1.54, 1.807) is 36.6 Å². The van der Waals surface area contributed by atoms with Crippen molar-refractivity contribution in [3.63, 3.8) is 0 Å². The number of carbonyl (C=O) groups is 1. The Morgan fingerprint density at radius 3 is 2.58 bits per heavy atom. The van der Waals surface area contributed by atoms with E-state index in [1.165, 1.54) is 12.8 Å². The standard InChI is InChI=1S/C28H33N3O6S/c32-13-15-38(34,35)30-21-4-5-23(24(18-21)31-11-9-28(7-8-28)10-12-31)29-27(33)20-16-19-6-14-36-26(19)25(17-20)37-22-2-1-3-22/h4-6,14,16-18,22,30,32H,1-3,7-13,15H2,(H,29,33). The summed E-state index contributed by atoms with van der Waals surface area (Å²) in [5.41, 5.74) is 3.35. The summed E-state index contributed by atoms with van der Waals surface area (Å²) in [4.78, 5) is 15.7. The highest BCUT2D eigenvalue weighted by Gasteiger charge is 2.44. The average Bonchev–Trinajstić information content (AvgIpc) is 3.43. The number of furan rings is 1. The molecule has 3 N–H and O–H groups in total. The highest BCUT2D eigenvalue weighted by atomic mass is 32.2. The van der Waals surface area contributed by atoms with Crippen LogP contribution >= 0.6 is 0 Å². The third kappa shape index (κ3) is 5.19. The Morgan fingerprint density at radius 1 is 1.11 bits per heavy atom. The Kier molecular flexibility index (Phi) is 6.47. The fourth-order valence-electron chi connectivity index (χ4n) is 5.34. The molecule has 3 fully saturated rings. The zero-order valence-electron chi connectivity index (χ0n) is 21.2. The van der Waals surface area contributed by atoms with Crippen LogP contribution in [0, 0.1) is 5.41 Å². The monoisotopic (exact) mass is 539 g/mol. The van der Waals surface area contributed by atoms with Crippen molar-refractivity contribution in [1.29, 1.82) is 0 Å². The lowest BCUT2D eigenvalue weighted by Crippen LogP contribution is -2.35. The van der Waals surface area contributed by atoms with E-state index in [-0.39, 0.29) is 17.8 Å². The summed E-state index contributed by atoms with van der Waals surface area (Å²) >= 11 is 0. The summed E-state index contributed by atoms with van der Waals surface area (Å²) in [5.74, 6) is -0.0894. The zero-order valence-corrected chi connectivity index (χ0v) is 22.1. The first-order valence-electron chi connectivity index (χ1n) is 13.3. The van der Waals surface area contributed by atoms with Gasteiger partial charge in [0, 0.05) is 24.0 Å². The van der Waals surface area contributed by atoms with E-state index in [9.17, 15) is 13.2 Å². The molecule has 3 aromatic rings. The van der Waals surface area contributed by atoms with Crippen LogP contribution in [-0.4, -0.2) is 51.0 Å². The van der Waals surface area contributed by atoms with E-state index in [0.29, 0.717) is 33.7 Å². The maximum Gasteiger partial charge on any atom is 0.255 e. The van der Waals surface area contributed by atoms with Gasteiger partial charge >= 0.3 is 0 Å². The van der Waals surface area contributed by atoms with Crippen LogP contribution in [0.1, 0.15) is 55.3 Å². The van der Waals surface area contributed by atoms with Crippen LogP contribution in [0.5, 0.6) is 5.75 Å². The highest BCUT2D eigenvalue weighted by Crippen LogP contribution is 2.54. The number of anilines is 3. The number of carbonyl (C=O) groups excluding carboxylic acids is 1. The van der Waals surface area contributed by atoms with Gasteiger partial charge in [0.15, 0.2) is 11.3 Å². The Hall–Kier alpha value is -3.24. The normalized spacial score (nSPS) is 18.8. The van der Waals surface area contributed by atoms with Gasteiger partial charge in [-0.15, -0.1) is 0 Å². The molecule has 1 aliphatic heterocycles. The molecule has 1 saturated heterocycles. The minimum Gasteiger partial charge on any atom is -0.486 e. The predicted octanol–water partition coefficient (Wildman–Crippen LogP) is 4.73. The number of hydrogen-bond acceptors (Lipinski definition) is 7. The number of piperidine rings is 1. The lowest BCUT2D eigenvalue weighted by molar-refractivity contribution is 0.102. The summed E-state index contributed by atoms with van der Waals surface area (Å²) in [6.45, 7) is 1.23. The predicted molar refractivity (Wildman–Crippen MR) is 146 cm³/mol. The number of benzene rings is 2. The largest absolute Gasteiger partial charge is 0.486 e. The molecule has 3 aliphatic rings. The van der Waals surface area contributed by atoms with Crippen LogP contribution in [0.3, 0.4) is 0 Å². The van der Waals surface area contributed by atoms with Crippen molar-refractivity contribution < 1.29 is 27.5 Å². The molecule has 38 heavy (non-hydrogen) atoms. The van der Waals surface area contributed by atoms with Gasteiger partial charge in [-0.3, -0.25) is 9.52 Å². The smallest absolute Gasteiger partial charge is 0.255 e. The highest BCUT2D eigenvalue weighted by molar-refractivity contribution is 7.92. The number of aliphatic hydroxyl groups excluding tert-OH is 1. The van der Waals surface area contributed by atoms with Crippen molar-refractivity contribution in [3.8, 4) is 5.75 Å². The van der Waals surface area contributed by atoms with Crippen molar-refractivity contribution >= 4 is 44.0 Å². The maximum atomic E-state index is 13.5. The molecule has 0 atom stereocenters. The second kappa shape index (κ2) is 9.81. The van der Waals surface area contributed by atoms with Crippen LogP contribution in [0.25, 0.3) is 11.0 Å². The van der Waals surface area contributed by atoms with E-state index in [2.05, 4.69) is 14.9 Å². The first kappa shape index (κ1) is 25.1. The fraction of sp³-hybridized carbons (Fsp3) is 0.464. The second-order valence-corrected chi connectivity index (χ2v) is 12.6. The van der Waals surface area contributed by atoms with Crippen LogP contribution in [0.4, 0.5) is 17.1 Å². The van der Waals surface area contributed by atoms with Gasteiger partial charge in [0.2, 0.25) is 10.0 Å². The van der Waals surface area contributed by atoms with Crippen LogP contribution < -0.4 is 19.7 Å². The minimum atomic E-state index is -3.68. The fourth-order valence-corrected chi connectivity index (χ4v) is 6.17. The maximum absolute atomic E-state index is 13.5. The second-order valence-electron chi connectivity index (χ2n) is 10.8. The lowest BCUT2D eigenvalue weighted by Gasteiger charge is -2.35. The number of nitrogens with one attached hydrogen (secondary N) is 2. The molecular formula is C28H33N3O6S. The molecule has 202 valence electrons. The molecule has 9 nitrogen and oxygen atoms in total. The summed E-state index contributed by atoms with van der Waals surface area (Å²) in [7, 11) is -3.68. The number of amides is 1. The summed E-state index contributed by atoms with van der Waals surface area (Å²) < 4.78 is 38.8. The summed E-state index contributed by atoms with van der Waals surface area (Å²) in [6.07, 6.45) is 9.57. The van der Waals surface area contributed by atoms with Crippen LogP contribution in [0.15, 0.2) is 47.1 Å². The van der Waals surface area contributed by atoms with Gasteiger partial charge < -0.3 is 24.5 Å². The molecule has 1 aromatic heterocycles. The molecule has 2 aromatic carbocycles. The number of ether oxygens (including phenoxy) is 1. The van der Waals surface area contributed by atoms with Gasteiger partial charge in [-0.05, 0) is 86.8 Å². The molecule has 2 saturated carbocycles. The molecular weight excluding hydrogens is 506 g/mol. The van der Waals surface area contributed by atoms with E-state index >= 15 is 0 Å². The molecule has 2 heterocycles. The molecule has 6 rings (SSSR count). The number of rotatable bonds is 9. The van der Waals surface area contributed by atoms with Crippen molar-refractivity contribution in [1.82, 2.24) is 0 Å². The van der Waals surface area contributed by atoms with E-state index < -0.39 is 16.6 Å². The topological polar surface area (TPSA) is 121 Å². The molecule has 0 unspecified atom stereocenters. The number of sulfonamides is 1. The SMILES string of the molecule is O=C(Nc1ccc(NS(=O)(=O)CCO)cc1N1CCC2(CC1)CC2)c1cc(OC2CCC2)c2occc2c1. The van der Waals surface area contributed by atoms with Gasteiger partial charge in [0.05, 0.1) is 41.8 Å². The van der Waals surface area contributed by atoms with Gasteiger partial charge in [-0.1, -0.05) is 0 Å². The Balaban J connectivity index is 1.28. The van der Waals surface area contributed by atoms with Crippen LogP contribution in [0.2, 0.25) is 0 Å². The van der Waals surface area contributed by atoms with E-state index in [1.807, 2.05) is 6.07 Å². The quantitative estimate of drug-likeness (QED) is 0.359. The van der Waals surface area contributed by atoms with E-state index in [4.69, 9.17) is 14.3 Å². The van der Waals surface area contributed by atoms with Gasteiger partial charge in [0.1, 0.15) is 0 Å². The minimum absolute atomic E-state index is 0.143. The van der Waals surface area contributed by atoms with Crippen molar-refractivity contribution in [2.45, 2.75) is 51.0 Å². The Morgan fingerprint density at radius 2 is 1.89 bits per heavy atom.